The molecule has 3 aromatic rings. The van der Waals surface area contributed by atoms with Gasteiger partial charge in [0.25, 0.3) is 0 Å². The highest BCUT2D eigenvalue weighted by atomic mass is 16.6. The largest absolute Gasteiger partial charge is 0.444 e. The first kappa shape index (κ1) is 39.6. The van der Waals surface area contributed by atoms with Crippen LogP contribution in [0.25, 0.3) is 22.3 Å². The van der Waals surface area contributed by atoms with Crippen molar-refractivity contribution in [3.63, 3.8) is 0 Å². The molecule has 1 aromatic carbocycles. The molecule has 2 saturated heterocycles. The molecule has 0 radical (unpaired) electrons. The van der Waals surface area contributed by atoms with Gasteiger partial charge in [-0.15, -0.1) is 0 Å². The van der Waals surface area contributed by atoms with E-state index in [1.807, 2.05) is 78.8 Å². The summed E-state index contributed by atoms with van der Waals surface area (Å²) in [4.78, 5) is 33.9. The highest BCUT2D eigenvalue weighted by Crippen LogP contribution is 2.32. The molecule has 2 aliphatic heterocycles. The Kier molecular flexibility index (Phi) is 12.3. The Morgan fingerprint density at radius 3 is 2.31 bits per heavy atom. The van der Waals surface area contributed by atoms with Crippen LogP contribution in [0.1, 0.15) is 80.5 Å². The van der Waals surface area contributed by atoms with E-state index in [4.69, 9.17) is 33.9 Å². The lowest BCUT2D eigenvalue weighted by molar-refractivity contribution is -0.0432. The third kappa shape index (κ3) is 9.87. The van der Waals surface area contributed by atoms with Crippen LogP contribution in [0, 0.1) is 0 Å². The van der Waals surface area contributed by atoms with Crippen molar-refractivity contribution in [3.8, 4) is 11.3 Å². The average molecular weight is 722 g/mol. The summed E-state index contributed by atoms with van der Waals surface area (Å²) in [5, 5.41) is 15.3. The van der Waals surface area contributed by atoms with Gasteiger partial charge in [0.1, 0.15) is 17.6 Å². The number of ether oxygens (including phenoxy) is 4. The SMILES string of the molecule is C[C@@H]1COCCN1c1nc(N2CCOC[C@H]2C)c2ccc(-c3cccc(C(O)NCC(C)(C)OCCC(C)(C)N(C)C(=O)OC(C)(C)C)c3)nc2n1. The maximum absolute atomic E-state index is 12.6. The molecule has 4 heterocycles. The Hall–Kier alpha value is -3.62. The molecule has 2 aliphatic rings. The summed E-state index contributed by atoms with van der Waals surface area (Å²) in [6.07, 6.45) is -0.680. The number of carbonyl (C=O) groups excluding carboxylic acids is 1. The second-order valence-electron chi connectivity index (χ2n) is 16.3. The number of hydrogen-bond donors (Lipinski definition) is 2. The van der Waals surface area contributed by atoms with Gasteiger partial charge in [-0.1, -0.05) is 18.2 Å². The van der Waals surface area contributed by atoms with E-state index in [0.29, 0.717) is 69.7 Å². The van der Waals surface area contributed by atoms with Crippen molar-refractivity contribution in [2.45, 2.75) is 104 Å². The molecule has 0 bridgehead atoms. The lowest BCUT2D eigenvalue weighted by Gasteiger charge is -2.37. The maximum Gasteiger partial charge on any atom is 0.410 e. The number of aliphatic hydroxyl groups excluding tert-OH is 1. The van der Waals surface area contributed by atoms with E-state index in [0.717, 1.165) is 29.0 Å². The minimum Gasteiger partial charge on any atom is -0.444 e. The van der Waals surface area contributed by atoms with E-state index in [1.165, 1.54) is 0 Å². The predicted octanol–water partition coefficient (Wildman–Crippen LogP) is 5.55. The third-order valence-electron chi connectivity index (χ3n) is 9.79. The fourth-order valence-electron chi connectivity index (χ4n) is 6.26. The zero-order valence-corrected chi connectivity index (χ0v) is 32.7. The smallest absolute Gasteiger partial charge is 0.410 e. The van der Waals surface area contributed by atoms with Crippen LogP contribution in [0.5, 0.6) is 0 Å². The van der Waals surface area contributed by atoms with Crippen LogP contribution in [0.2, 0.25) is 0 Å². The summed E-state index contributed by atoms with van der Waals surface area (Å²) in [6, 6.07) is 12.1. The molecule has 1 unspecified atom stereocenters. The summed E-state index contributed by atoms with van der Waals surface area (Å²) in [6.45, 7) is 22.6. The second-order valence-corrected chi connectivity index (χ2v) is 16.3. The molecule has 2 N–H and O–H groups in total. The standard InChI is InChI=1S/C39H59N7O6/c1-26-23-49-20-17-45(26)33-30-14-15-31(41-32(30)42-35(43-33)46-18-21-50-24-27(46)2)28-12-11-13-29(22-28)34(47)40-25-39(8,9)51-19-16-38(6,7)44(10)36(48)52-37(3,4)5/h11-15,22,26-27,34,40,47H,16-21,23-25H2,1-10H3/t26-,27-,34?/m1/s1. The van der Waals surface area contributed by atoms with Crippen molar-refractivity contribution in [1.29, 1.82) is 0 Å². The molecule has 13 nitrogen and oxygen atoms in total. The molecule has 2 fully saturated rings. The number of amides is 1. The quantitative estimate of drug-likeness (QED) is 0.227. The fourth-order valence-corrected chi connectivity index (χ4v) is 6.26. The number of nitrogens with zero attached hydrogens (tertiary/aromatic N) is 6. The van der Waals surface area contributed by atoms with Gasteiger partial charge in [0.05, 0.1) is 55.2 Å². The molecular weight excluding hydrogens is 662 g/mol. The summed E-state index contributed by atoms with van der Waals surface area (Å²) in [5.74, 6) is 1.52. The molecule has 2 aromatic heterocycles. The number of fused-ring (bicyclic) bond motifs is 1. The lowest BCUT2D eigenvalue weighted by Crippen LogP contribution is -2.48. The van der Waals surface area contributed by atoms with Crippen LogP contribution < -0.4 is 15.1 Å². The lowest BCUT2D eigenvalue weighted by atomic mass is 9.99. The van der Waals surface area contributed by atoms with Crippen LogP contribution in [-0.2, 0) is 18.9 Å². The van der Waals surface area contributed by atoms with E-state index >= 15 is 0 Å². The second kappa shape index (κ2) is 16.2. The molecular formula is C39H59N7O6. The molecule has 3 atom stereocenters. The molecule has 286 valence electrons. The zero-order chi connectivity index (χ0) is 37.8. The number of rotatable bonds is 12. The number of anilines is 2. The summed E-state index contributed by atoms with van der Waals surface area (Å²) < 4.78 is 23.2. The van der Waals surface area contributed by atoms with Gasteiger partial charge in [0, 0.05) is 44.4 Å². The Morgan fingerprint density at radius 1 is 0.981 bits per heavy atom. The summed E-state index contributed by atoms with van der Waals surface area (Å²) in [7, 11) is 1.75. The number of hydrogen-bond acceptors (Lipinski definition) is 12. The minimum atomic E-state index is -0.927. The third-order valence-corrected chi connectivity index (χ3v) is 9.79. The van der Waals surface area contributed by atoms with Gasteiger partial charge in [-0.3, -0.25) is 5.32 Å². The van der Waals surface area contributed by atoms with E-state index in [2.05, 4.69) is 35.0 Å². The molecule has 13 heteroatoms. The highest BCUT2D eigenvalue weighted by Gasteiger charge is 2.32. The first-order valence-corrected chi connectivity index (χ1v) is 18.4. The molecule has 1 amide bonds. The van der Waals surface area contributed by atoms with Crippen molar-refractivity contribution in [2.24, 2.45) is 0 Å². The molecule has 0 spiro atoms. The van der Waals surface area contributed by atoms with E-state index in [9.17, 15) is 9.90 Å². The van der Waals surface area contributed by atoms with Gasteiger partial charge in [0.2, 0.25) is 5.95 Å². The predicted molar refractivity (Wildman–Crippen MR) is 204 cm³/mol. The first-order chi connectivity index (χ1) is 24.4. The van der Waals surface area contributed by atoms with Crippen LogP contribution >= 0.6 is 0 Å². The highest BCUT2D eigenvalue weighted by molar-refractivity contribution is 5.90. The van der Waals surface area contributed by atoms with E-state index in [1.54, 1.807) is 11.9 Å². The normalized spacial score (nSPS) is 19.5. The van der Waals surface area contributed by atoms with Crippen molar-refractivity contribution in [1.82, 2.24) is 25.2 Å². The van der Waals surface area contributed by atoms with Gasteiger partial charge in [-0.2, -0.15) is 9.97 Å². The Bertz CT molecular complexity index is 1680. The van der Waals surface area contributed by atoms with Crippen molar-refractivity contribution in [2.75, 3.05) is 69.5 Å². The number of carbonyl (C=O) groups is 1. The molecule has 0 aliphatic carbocycles. The fraction of sp³-hybridized carbons (Fsp3) is 0.641. The van der Waals surface area contributed by atoms with Gasteiger partial charge >= 0.3 is 6.09 Å². The molecule has 5 rings (SSSR count). The topological polar surface area (TPSA) is 135 Å². The van der Waals surface area contributed by atoms with Gasteiger partial charge in [-0.25, -0.2) is 9.78 Å². The number of benzene rings is 1. The van der Waals surface area contributed by atoms with Crippen LogP contribution in [-0.4, -0.2) is 120 Å². The minimum absolute atomic E-state index is 0.142. The van der Waals surface area contributed by atoms with Crippen LogP contribution in [0.15, 0.2) is 36.4 Å². The maximum atomic E-state index is 12.6. The van der Waals surface area contributed by atoms with Crippen LogP contribution in [0.4, 0.5) is 16.6 Å². The van der Waals surface area contributed by atoms with E-state index < -0.39 is 23.0 Å². The van der Waals surface area contributed by atoms with Crippen molar-refractivity contribution >= 4 is 28.9 Å². The zero-order valence-electron chi connectivity index (χ0n) is 32.7. The summed E-state index contributed by atoms with van der Waals surface area (Å²) >= 11 is 0. The number of aliphatic hydroxyl groups is 1. The van der Waals surface area contributed by atoms with Gasteiger partial charge in [-0.05, 0) is 92.5 Å². The average Bonchev–Trinajstić information content (AvgIpc) is 3.09. The van der Waals surface area contributed by atoms with Crippen molar-refractivity contribution < 1.29 is 28.8 Å². The van der Waals surface area contributed by atoms with Crippen molar-refractivity contribution in [3.05, 3.63) is 42.0 Å². The van der Waals surface area contributed by atoms with Gasteiger partial charge < -0.3 is 38.8 Å². The molecule has 0 saturated carbocycles. The number of nitrogens with one attached hydrogen (secondary N) is 1. The van der Waals surface area contributed by atoms with E-state index in [-0.39, 0.29) is 18.2 Å². The monoisotopic (exact) mass is 721 g/mol. The summed E-state index contributed by atoms with van der Waals surface area (Å²) in [5.41, 5.74) is 1.34. The Balaban J connectivity index is 1.28. The number of morpholine rings is 2. The van der Waals surface area contributed by atoms with Gasteiger partial charge in [0.15, 0.2) is 5.65 Å². The van der Waals surface area contributed by atoms with Crippen LogP contribution in [0.3, 0.4) is 0 Å². The number of pyridine rings is 1. The first-order valence-electron chi connectivity index (χ1n) is 18.4. The molecule has 52 heavy (non-hydrogen) atoms. The Morgan fingerprint density at radius 2 is 1.65 bits per heavy atom. The Labute approximate surface area is 309 Å². The number of aromatic nitrogens is 3.